The summed E-state index contributed by atoms with van der Waals surface area (Å²) in [7, 11) is 0. The molecule has 0 amide bonds. The Hall–Kier alpha value is -1.32. The molecule has 0 saturated carbocycles. The van der Waals surface area contributed by atoms with Gasteiger partial charge in [0, 0.05) is 0 Å². The first-order valence-electron chi connectivity index (χ1n) is 2.47. The van der Waals surface area contributed by atoms with Crippen LogP contribution in [0.1, 0.15) is 6.92 Å². The van der Waals surface area contributed by atoms with Crippen LogP contribution < -0.4 is 0 Å². The number of hydrogen-bond acceptors (Lipinski definition) is 2. The molecule has 2 N–H and O–H groups in total. The number of aliphatic imine (C=N–C) groups is 2. The van der Waals surface area contributed by atoms with Gasteiger partial charge in [0.05, 0.1) is 11.9 Å². The second-order valence-corrected chi connectivity index (χ2v) is 1.71. The van der Waals surface area contributed by atoms with Crippen LogP contribution in [0.5, 0.6) is 0 Å². The molecule has 1 heterocycles. The van der Waals surface area contributed by atoms with Gasteiger partial charge in [-0.1, -0.05) is 0 Å². The van der Waals surface area contributed by atoms with Gasteiger partial charge >= 0.3 is 0 Å². The Balaban J connectivity index is 2.95. The predicted octanol–water partition coefficient (Wildman–Crippen LogP) is 0.486. The van der Waals surface area contributed by atoms with E-state index < -0.39 is 0 Å². The fraction of sp³-hybridized carbons (Fsp3) is 0.200. The highest BCUT2D eigenvalue weighted by Crippen LogP contribution is 1.90. The third-order valence-corrected chi connectivity index (χ3v) is 0.893. The highest BCUT2D eigenvalue weighted by atomic mass is 15.0. The minimum Gasteiger partial charge on any atom is -0.280 e. The summed E-state index contributed by atoms with van der Waals surface area (Å²) < 4.78 is 0. The van der Waals surface area contributed by atoms with E-state index in [2.05, 4.69) is 9.98 Å². The van der Waals surface area contributed by atoms with E-state index in [1.165, 1.54) is 6.21 Å². The van der Waals surface area contributed by atoms with Crippen LogP contribution in [0.4, 0.5) is 0 Å². The van der Waals surface area contributed by atoms with Crippen LogP contribution in [0.3, 0.4) is 0 Å². The Labute approximate surface area is 52.4 Å². The molecule has 46 valence electrons. The van der Waals surface area contributed by atoms with Crippen molar-refractivity contribution >= 4 is 23.6 Å². The van der Waals surface area contributed by atoms with E-state index >= 15 is 0 Å². The lowest BCUT2D eigenvalue weighted by molar-refractivity contribution is 1.39. The molecule has 0 aliphatic carbocycles. The zero-order chi connectivity index (χ0) is 6.85. The van der Waals surface area contributed by atoms with Crippen LogP contribution in [0, 0.1) is 10.8 Å². The van der Waals surface area contributed by atoms with Gasteiger partial charge in [0.1, 0.15) is 0 Å². The molecule has 1 rings (SSSR count). The maximum atomic E-state index is 7.00. The third kappa shape index (κ3) is 1.07. The molecule has 0 unspecified atom stereocenters. The van der Waals surface area contributed by atoms with E-state index in [1.54, 1.807) is 6.92 Å². The number of nitrogens with zero attached hydrogens (tertiary/aromatic N) is 2. The van der Waals surface area contributed by atoms with Crippen LogP contribution in [0.2, 0.25) is 0 Å². The van der Waals surface area contributed by atoms with Gasteiger partial charge in [-0.2, -0.15) is 0 Å². The number of rotatable bonds is 0. The molecular weight excluding hydrogens is 116 g/mol. The molecule has 0 aromatic heterocycles. The van der Waals surface area contributed by atoms with Crippen molar-refractivity contribution in [3.05, 3.63) is 0 Å². The van der Waals surface area contributed by atoms with Crippen molar-refractivity contribution in [2.24, 2.45) is 9.98 Å². The molecule has 0 spiro atoms. The van der Waals surface area contributed by atoms with Crippen LogP contribution in [0.25, 0.3) is 0 Å². The van der Waals surface area contributed by atoms with Crippen LogP contribution >= 0.6 is 0 Å². The van der Waals surface area contributed by atoms with E-state index in [0.29, 0.717) is 5.71 Å². The summed E-state index contributed by atoms with van der Waals surface area (Å²) in [5.74, 6) is -0.129. The summed E-state index contributed by atoms with van der Waals surface area (Å²) in [5, 5.41) is 14.0. The van der Waals surface area contributed by atoms with E-state index in [9.17, 15) is 0 Å². The van der Waals surface area contributed by atoms with Crippen LogP contribution in [-0.4, -0.2) is 23.6 Å². The van der Waals surface area contributed by atoms with Crippen LogP contribution in [0.15, 0.2) is 9.98 Å². The molecule has 0 bridgehead atoms. The fourth-order valence-corrected chi connectivity index (χ4v) is 0.477. The molecule has 0 aromatic carbocycles. The van der Waals surface area contributed by atoms with Crippen molar-refractivity contribution in [3.63, 3.8) is 0 Å². The summed E-state index contributed by atoms with van der Waals surface area (Å²) >= 11 is 0. The van der Waals surface area contributed by atoms with E-state index in [1.807, 2.05) is 0 Å². The van der Waals surface area contributed by atoms with Gasteiger partial charge in [-0.3, -0.25) is 10.8 Å². The highest BCUT2D eigenvalue weighted by Gasteiger charge is 2.04. The first-order valence-corrected chi connectivity index (χ1v) is 2.47. The van der Waals surface area contributed by atoms with Gasteiger partial charge < -0.3 is 0 Å². The molecule has 9 heavy (non-hydrogen) atoms. The Morgan fingerprint density at radius 2 is 2.00 bits per heavy atom. The molecule has 4 heteroatoms. The summed E-state index contributed by atoms with van der Waals surface area (Å²) in [6, 6.07) is 0. The monoisotopic (exact) mass is 122 g/mol. The normalized spacial score (nSPS) is 18.1. The standard InChI is InChI=1S/C5H6N4/c1-3-2-8-4(6)5(7)9-3/h2,6-7H,1H3. The number of hydrogen-bond donors (Lipinski definition) is 2. The zero-order valence-corrected chi connectivity index (χ0v) is 4.97. The molecular formula is C5H6N4. The van der Waals surface area contributed by atoms with Crippen molar-refractivity contribution in [2.45, 2.75) is 6.92 Å². The number of nitrogens with one attached hydrogen (secondary N) is 2. The SMILES string of the molecule is CC1=NC(=N)C(=N)N=C1. The van der Waals surface area contributed by atoms with Crippen molar-refractivity contribution in [1.82, 2.24) is 0 Å². The minimum atomic E-state index is -0.0689. The average Bonchev–Trinajstić information content (AvgIpc) is 1.80. The van der Waals surface area contributed by atoms with Crippen molar-refractivity contribution in [3.8, 4) is 0 Å². The van der Waals surface area contributed by atoms with Gasteiger partial charge in [0.25, 0.3) is 0 Å². The zero-order valence-electron chi connectivity index (χ0n) is 4.97. The Kier molecular flexibility index (Phi) is 1.22. The summed E-state index contributed by atoms with van der Waals surface area (Å²) in [5.41, 5.74) is 0.677. The summed E-state index contributed by atoms with van der Waals surface area (Å²) in [6.07, 6.45) is 1.47. The molecule has 1 aliphatic rings. The van der Waals surface area contributed by atoms with E-state index in [0.717, 1.165) is 0 Å². The fourth-order valence-electron chi connectivity index (χ4n) is 0.477. The quantitative estimate of drug-likeness (QED) is 0.469. The van der Waals surface area contributed by atoms with Crippen LogP contribution in [-0.2, 0) is 0 Å². The smallest absolute Gasteiger partial charge is 0.189 e. The van der Waals surface area contributed by atoms with Crippen molar-refractivity contribution < 1.29 is 0 Å². The van der Waals surface area contributed by atoms with Crippen molar-refractivity contribution in [2.75, 3.05) is 0 Å². The lowest BCUT2D eigenvalue weighted by Crippen LogP contribution is -2.15. The Bertz CT molecular complexity index is 223. The van der Waals surface area contributed by atoms with Crippen molar-refractivity contribution in [1.29, 1.82) is 10.8 Å². The minimum absolute atomic E-state index is 0.0602. The first kappa shape index (κ1) is 5.81. The molecule has 4 nitrogen and oxygen atoms in total. The molecule has 0 radical (unpaired) electrons. The first-order chi connectivity index (χ1) is 4.20. The van der Waals surface area contributed by atoms with Gasteiger partial charge in [-0.15, -0.1) is 0 Å². The predicted molar refractivity (Wildman–Crippen MR) is 37.1 cm³/mol. The Morgan fingerprint density at radius 1 is 1.33 bits per heavy atom. The molecule has 0 fully saturated rings. The van der Waals surface area contributed by atoms with E-state index in [4.69, 9.17) is 10.8 Å². The molecule has 0 saturated heterocycles. The second kappa shape index (κ2) is 1.89. The van der Waals surface area contributed by atoms with Gasteiger partial charge in [0.15, 0.2) is 11.7 Å². The maximum Gasteiger partial charge on any atom is 0.189 e. The third-order valence-electron chi connectivity index (χ3n) is 0.893. The summed E-state index contributed by atoms with van der Waals surface area (Å²) in [6.45, 7) is 1.74. The lowest BCUT2D eigenvalue weighted by atomic mass is 10.4. The van der Waals surface area contributed by atoms with E-state index in [-0.39, 0.29) is 11.7 Å². The maximum absolute atomic E-state index is 7.00. The largest absolute Gasteiger partial charge is 0.280 e. The molecule has 0 atom stereocenters. The van der Waals surface area contributed by atoms with Gasteiger partial charge in [-0.25, -0.2) is 9.98 Å². The highest BCUT2D eigenvalue weighted by molar-refractivity contribution is 6.49. The summed E-state index contributed by atoms with van der Waals surface area (Å²) in [4.78, 5) is 7.28. The molecule has 0 aromatic rings. The Morgan fingerprint density at radius 3 is 2.44 bits per heavy atom. The average molecular weight is 122 g/mol. The molecule has 1 aliphatic heterocycles. The lowest BCUT2D eigenvalue weighted by Gasteiger charge is -2.00. The number of amidine groups is 2. The second-order valence-electron chi connectivity index (χ2n) is 1.71. The topological polar surface area (TPSA) is 72.4 Å². The van der Waals surface area contributed by atoms with Gasteiger partial charge in [-0.05, 0) is 6.92 Å². The van der Waals surface area contributed by atoms with Gasteiger partial charge in [0.2, 0.25) is 0 Å².